The number of hydrogen-bond donors (Lipinski definition) is 1. The van der Waals surface area contributed by atoms with Crippen LogP contribution in [0.2, 0.25) is 0 Å². The van der Waals surface area contributed by atoms with Crippen molar-refractivity contribution in [1.82, 2.24) is 9.80 Å². The van der Waals surface area contributed by atoms with Gasteiger partial charge in [0.2, 0.25) is 11.8 Å². The standard InChI is InChI=1S/C12H10N2O7/c15-7-1-2-8(16)13(7)6(5-11(19)20)12(21)14-9(17)3-4-10(14)18/h1-2,6H,3-5H2,(H,19,20). The summed E-state index contributed by atoms with van der Waals surface area (Å²) in [7, 11) is 0. The van der Waals surface area contributed by atoms with E-state index in [4.69, 9.17) is 5.11 Å². The third kappa shape index (κ3) is 2.57. The maximum Gasteiger partial charge on any atom is 0.306 e. The van der Waals surface area contributed by atoms with Gasteiger partial charge in [-0.05, 0) is 0 Å². The topological polar surface area (TPSA) is 129 Å². The van der Waals surface area contributed by atoms with Crippen LogP contribution in [-0.4, -0.2) is 56.5 Å². The average Bonchev–Trinajstić information content (AvgIpc) is 2.90. The van der Waals surface area contributed by atoms with Gasteiger partial charge < -0.3 is 5.11 Å². The van der Waals surface area contributed by atoms with Gasteiger partial charge in [0.15, 0.2) is 0 Å². The highest BCUT2D eigenvalue weighted by Crippen LogP contribution is 2.19. The second-order valence-corrected chi connectivity index (χ2v) is 4.45. The van der Waals surface area contributed by atoms with E-state index in [1.165, 1.54) is 0 Å². The molecule has 0 aromatic rings. The van der Waals surface area contributed by atoms with Gasteiger partial charge in [0.05, 0.1) is 6.42 Å². The Bertz CT molecular complexity index is 573. The summed E-state index contributed by atoms with van der Waals surface area (Å²) in [6.45, 7) is 0. The minimum atomic E-state index is -1.72. The van der Waals surface area contributed by atoms with Gasteiger partial charge in [-0.25, -0.2) is 4.90 Å². The van der Waals surface area contributed by atoms with Crippen LogP contribution in [-0.2, 0) is 28.8 Å². The number of aliphatic carboxylic acids is 1. The zero-order valence-corrected chi connectivity index (χ0v) is 10.6. The van der Waals surface area contributed by atoms with Crippen LogP contribution in [0.5, 0.6) is 0 Å². The maximum atomic E-state index is 12.2. The minimum absolute atomic E-state index is 0.162. The van der Waals surface area contributed by atoms with E-state index >= 15 is 0 Å². The fourth-order valence-corrected chi connectivity index (χ4v) is 2.14. The zero-order chi connectivity index (χ0) is 15.7. The first kappa shape index (κ1) is 14.6. The van der Waals surface area contributed by atoms with E-state index in [2.05, 4.69) is 0 Å². The fourth-order valence-electron chi connectivity index (χ4n) is 2.14. The van der Waals surface area contributed by atoms with Crippen LogP contribution in [0.15, 0.2) is 12.2 Å². The van der Waals surface area contributed by atoms with Crippen LogP contribution in [0.25, 0.3) is 0 Å². The largest absolute Gasteiger partial charge is 0.481 e. The van der Waals surface area contributed by atoms with E-state index in [9.17, 15) is 28.8 Å². The molecule has 2 heterocycles. The van der Waals surface area contributed by atoms with Gasteiger partial charge in [-0.15, -0.1) is 0 Å². The van der Waals surface area contributed by atoms with Crippen molar-refractivity contribution >= 4 is 35.5 Å². The lowest BCUT2D eigenvalue weighted by molar-refractivity contribution is -0.160. The number of amides is 5. The second kappa shape index (κ2) is 5.27. The van der Waals surface area contributed by atoms with Crippen LogP contribution in [0, 0.1) is 0 Å². The quantitative estimate of drug-likeness (QED) is 0.620. The van der Waals surface area contributed by atoms with E-state index in [1.54, 1.807) is 0 Å². The summed E-state index contributed by atoms with van der Waals surface area (Å²) in [6, 6.07) is -1.72. The van der Waals surface area contributed by atoms with Gasteiger partial charge in [-0.1, -0.05) is 0 Å². The van der Waals surface area contributed by atoms with Crippen LogP contribution in [0.1, 0.15) is 19.3 Å². The molecule has 1 saturated heterocycles. The molecule has 1 fully saturated rings. The number of hydrogen-bond acceptors (Lipinski definition) is 6. The molecule has 0 saturated carbocycles. The van der Waals surface area contributed by atoms with E-state index in [-0.39, 0.29) is 12.8 Å². The number of carbonyl (C=O) groups is 6. The highest BCUT2D eigenvalue weighted by atomic mass is 16.4. The van der Waals surface area contributed by atoms with Gasteiger partial charge in [0.1, 0.15) is 6.04 Å². The summed E-state index contributed by atoms with van der Waals surface area (Å²) >= 11 is 0. The van der Waals surface area contributed by atoms with Crippen LogP contribution in [0.4, 0.5) is 0 Å². The van der Waals surface area contributed by atoms with Gasteiger partial charge >= 0.3 is 5.97 Å². The van der Waals surface area contributed by atoms with Crippen molar-refractivity contribution in [3.63, 3.8) is 0 Å². The number of carbonyl (C=O) groups excluding carboxylic acids is 5. The highest BCUT2D eigenvalue weighted by molar-refractivity contribution is 6.20. The Hall–Kier alpha value is -2.84. The smallest absolute Gasteiger partial charge is 0.306 e. The first-order chi connectivity index (χ1) is 9.82. The molecule has 0 bridgehead atoms. The zero-order valence-electron chi connectivity index (χ0n) is 10.6. The Labute approximate surface area is 117 Å². The monoisotopic (exact) mass is 294 g/mol. The number of imide groups is 4. The number of rotatable bonds is 4. The van der Waals surface area contributed by atoms with E-state index in [0.717, 1.165) is 12.2 Å². The third-order valence-corrected chi connectivity index (χ3v) is 3.08. The Morgan fingerprint density at radius 2 is 1.52 bits per heavy atom. The molecule has 1 N–H and O–H groups in total. The third-order valence-electron chi connectivity index (χ3n) is 3.08. The maximum absolute atomic E-state index is 12.2. The molecule has 1 unspecified atom stereocenters. The number of carboxylic acids is 1. The van der Waals surface area contributed by atoms with Crippen molar-refractivity contribution in [3.05, 3.63) is 12.2 Å². The minimum Gasteiger partial charge on any atom is -0.481 e. The number of nitrogens with zero attached hydrogens (tertiary/aromatic N) is 2. The summed E-state index contributed by atoms with van der Waals surface area (Å²) in [6.07, 6.45) is 0.570. The summed E-state index contributed by atoms with van der Waals surface area (Å²) < 4.78 is 0. The molecule has 5 amide bonds. The van der Waals surface area contributed by atoms with Crippen molar-refractivity contribution in [3.8, 4) is 0 Å². The van der Waals surface area contributed by atoms with Crippen molar-refractivity contribution in [2.45, 2.75) is 25.3 Å². The highest BCUT2D eigenvalue weighted by Gasteiger charge is 2.44. The molecular formula is C12H10N2O7. The SMILES string of the molecule is O=C(O)CC(C(=O)N1C(=O)CCC1=O)N1C(=O)C=CC1=O. The molecule has 0 aromatic heterocycles. The Morgan fingerprint density at radius 3 is 1.95 bits per heavy atom. The summed E-state index contributed by atoms with van der Waals surface area (Å²) in [5.74, 6) is -5.88. The van der Waals surface area contributed by atoms with Gasteiger partial charge in [-0.2, -0.15) is 0 Å². The van der Waals surface area contributed by atoms with Crippen LogP contribution >= 0.6 is 0 Å². The molecule has 2 rings (SSSR count). The fraction of sp³-hybridized carbons (Fsp3) is 0.333. The predicted molar refractivity (Wildman–Crippen MR) is 63.1 cm³/mol. The summed E-state index contributed by atoms with van der Waals surface area (Å²) in [5, 5.41) is 8.83. The van der Waals surface area contributed by atoms with Gasteiger partial charge in [0, 0.05) is 25.0 Å². The average molecular weight is 294 g/mol. The van der Waals surface area contributed by atoms with Crippen molar-refractivity contribution in [1.29, 1.82) is 0 Å². The molecule has 9 heteroatoms. The lowest BCUT2D eigenvalue weighted by Gasteiger charge is -2.26. The van der Waals surface area contributed by atoms with Crippen molar-refractivity contribution < 1.29 is 33.9 Å². The molecule has 0 radical (unpaired) electrons. The molecule has 110 valence electrons. The molecular weight excluding hydrogens is 284 g/mol. The van der Waals surface area contributed by atoms with Gasteiger partial charge in [0.25, 0.3) is 17.7 Å². The van der Waals surface area contributed by atoms with Gasteiger partial charge in [-0.3, -0.25) is 33.7 Å². The lowest BCUT2D eigenvalue weighted by Crippen LogP contribution is -2.53. The predicted octanol–water partition coefficient (Wildman–Crippen LogP) is -1.57. The van der Waals surface area contributed by atoms with Crippen molar-refractivity contribution in [2.24, 2.45) is 0 Å². The molecule has 1 atom stereocenters. The Balaban J connectivity index is 2.32. The first-order valence-electron chi connectivity index (χ1n) is 5.99. The molecule has 0 aromatic carbocycles. The molecule has 21 heavy (non-hydrogen) atoms. The lowest BCUT2D eigenvalue weighted by atomic mass is 10.1. The molecule has 2 aliphatic heterocycles. The first-order valence-corrected chi connectivity index (χ1v) is 5.99. The summed E-state index contributed by atoms with van der Waals surface area (Å²) in [4.78, 5) is 70.0. The van der Waals surface area contributed by atoms with E-state index in [0.29, 0.717) is 9.80 Å². The normalized spacial score (nSPS) is 19.6. The van der Waals surface area contributed by atoms with E-state index in [1.807, 2.05) is 0 Å². The molecule has 0 spiro atoms. The molecule has 2 aliphatic rings. The second-order valence-electron chi connectivity index (χ2n) is 4.45. The molecule has 0 aliphatic carbocycles. The van der Waals surface area contributed by atoms with E-state index < -0.39 is 48.0 Å². The van der Waals surface area contributed by atoms with Crippen LogP contribution in [0.3, 0.4) is 0 Å². The molecule has 9 nitrogen and oxygen atoms in total. The summed E-state index contributed by atoms with van der Waals surface area (Å²) in [5.41, 5.74) is 0. The Kier molecular flexibility index (Phi) is 3.66. The van der Waals surface area contributed by atoms with Crippen molar-refractivity contribution in [2.75, 3.05) is 0 Å². The number of likely N-dealkylation sites (tertiary alicyclic amines) is 1. The number of carboxylic acid groups (broad SMARTS) is 1. The Morgan fingerprint density at radius 1 is 1.05 bits per heavy atom. The van der Waals surface area contributed by atoms with Crippen LogP contribution < -0.4 is 0 Å².